The van der Waals surface area contributed by atoms with Gasteiger partial charge in [-0.05, 0) is 50.1 Å². The Morgan fingerprint density at radius 1 is 1.24 bits per heavy atom. The number of aryl methyl sites for hydroxylation is 2. The van der Waals surface area contributed by atoms with Crippen molar-refractivity contribution in [2.24, 2.45) is 5.41 Å². The highest BCUT2D eigenvalue weighted by atomic mass is 19.4. The molecule has 1 atom stereocenters. The smallest absolute Gasteiger partial charge is 0.315 e. The quantitative estimate of drug-likeness (QED) is 0.911. The van der Waals surface area contributed by atoms with Crippen molar-refractivity contribution in [2.75, 3.05) is 25.0 Å². The van der Waals surface area contributed by atoms with Crippen LogP contribution in [-0.4, -0.2) is 32.2 Å². The zero-order chi connectivity index (χ0) is 15.8. The number of alkyl halides is 3. The number of hydrogen-bond donors (Lipinski definition) is 1. The lowest BCUT2D eigenvalue weighted by molar-refractivity contribution is -0.214. The average molecular weight is 300 g/mol. The molecule has 3 nitrogen and oxygen atoms in total. The van der Waals surface area contributed by atoms with Gasteiger partial charge in [-0.25, -0.2) is 0 Å². The van der Waals surface area contributed by atoms with Crippen LogP contribution in [-0.2, 0) is 4.79 Å². The number of rotatable bonds is 2. The fourth-order valence-electron chi connectivity index (χ4n) is 2.82. The van der Waals surface area contributed by atoms with Gasteiger partial charge in [-0.1, -0.05) is 6.07 Å². The second-order valence-electron chi connectivity index (χ2n) is 5.72. The molecule has 21 heavy (non-hydrogen) atoms. The molecule has 1 aromatic rings. The van der Waals surface area contributed by atoms with E-state index in [-0.39, 0.29) is 19.5 Å². The molecule has 116 valence electrons. The van der Waals surface area contributed by atoms with Crippen molar-refractivity contribution in [3.63, 3.8) is 0 Å². The molecule has 6 heteroatoms. The second-order valence-corrected chi connectivity index (χ2v) is 5.72. The predicted octanol–water partition coefficient (Wildman–Crippen LogP) is 2.81. The Balaban J connectivity index is 2.37. The molecule has 0 spiro atoms. The van der Waals surface area contributed by atoms with Crippen LogP contribution >= 0.6 is 0 Å². The number of nitrogens with zero attached hydrogens (tertiary/aromatic N) is 1. The normalized spacial score (nSPS) is 22.4. The van der Waals surface area contributed by atoms with E-state index in [1.807, 2.05) is 19.9 Å². The molecule has 0 saturated carbocycles. The number of benzene rings is 1. The average Bonchev–Trinajstić information content (AvgIpc) is 2.85. The van der Waals surface area contributed by atoms with Crippen LogP contribution in [0.1, 0.15) is 17.5 Å². The Hall–Kier alpha value is -1.56. The van der Waals surface area contributed by atoms with E-state index in [2.05, 4.69) is 5.32 Å². The third-order valence-electron chi connectivity index (χ3n) is 4.01. The van der Waals surface area contributed by atoms with Crippen LogP contribution in [0.5, 0.6) is 0 Å². The molecule has 0 bridgehead atoms. The van der Waals surface area contributed by atoms with Crippen molar-refractivity contribution < 1.29 is 18.0 Å². The third kappa shape index (κ3) is 2.77. The van der Waals surface area contributed by atoms with Crippen LogP contribution in [0.25, 0.3) is 0 Å². The van der Waals surface area contributed by atoms with E-state index >= 15 is 0 Å². The summed E-state index contributed by atoms with van der Waals surface area (Å²) in [5.41, 5.74) is -0.00195. The number of carbonyl (C=O) groups is 1. The maximum Gasteiger partial charge on any atom is 0.404 e. The minimum atomic E-state index is -4.55. The van der Waals surface area contributed by atoms with E-state index in [0.717, 1.165) is 16.0 Å². The lowest BCUT2D eigenvalue weighted by Crippen LogP contribution is -2.52. The van der Waals surface area contributed by atoms with Gasteiger partial charge in [-0.3, -0.25) is 4.79 Å². The first kappa shape index (κ1) is 15.8. The summed E-state index contributed by atoms with van der Waals surface area (Å²) in [5, 5.41) is 2.66. The summed E-state index contributed by atoms with van der Waals surface area (Å²) >= 11 is 0. The van der Waals surface area contributed by atoms with Crippen molar-refractivity contribution in [3.8, 4) is 0 Å². The number of anilines is 1. The largest absolute Gasteiger partial charge is 0.404 e. The van der Waals surface area contributed by atoms with Crippen molar-refractivity contribution in [1.29, 1.82) is 0 Å². The predicted molar refractivity (Wildman–Crippen MR) is 75.3 cm³/mol. The van der Waals surface area contributed by atoms with Crippen molar-refractivity contribution in [1.82, 2.24) is 5.32 Å². The van der Waals surface area contributed by atoms with Gasteiger partial charge < -0.3 is 10.2 Å². The lowest BCUT2D eigenvalue weighted by atomic mass is 9.84. The third-order valence-corrected chi connectivity index (χ3v) is 4.01. The van der Waals surface area contributed by atoms with E-state index in [0.29, 0.717) is 5.69 Å². The molecule has 1 amide bonds. The zero-order valence-electron chi connectivity index (χ0n) is 12.3. The Morgan fingerprint density at radius 3 is 2.24 bits per heavy atom. The van der Waals surface area contributed by atoms with E-state index in [9.17, 15) is 18.0 Å². The number of amides is 1. The fourth-order valence-corrected chi connectivity index (χ4v) is 2.82. The molecule has 0 radical (unpaired) electrons. The van der Waals surface area contributed by atoms with Gasteiger partial charge in [0.05, 0.1) is 0 Å². The number of nitrogens with one attached hydrogen (secondary N) is 1. The van der Waals surface area contributed by atoms with Gasteiger partial charge in [-0.15, -0.1) is 0 Å². The molecular weight excluding hydrogens is 281 g/mol. The highest BCUT2D eigenvalue weighted by Crippen LogP contribution is 2.44. The maximum atomic E-state index is 13.4. The van der Waals surface area contributed by atoms with Gasteiger partial charge in [0.15, 0.2) is 5.41 Å². The number of hydrogen-bond acceptors (Lipinski definition) is 2. The van der Waals surface area contributed by atoms with Crippen LogP contribution in [0.4, 0.5) is 18.9 Å². The monoisotopic (exact) mass is 300 g/mol. The summed E-state index contributed by atoms with van der Waals surface area (Å²) in [7, 11) is 1.41. The summed E-state index contributed by atoms with van der Waals surface area (Å²) in [6.07, 6.45) is -4.77. The van der Waals surface area contributed by atoms with Crippen LogP contribution in [0.15, 0.2) is 18.2 Å². The molecule has 1 unspecified atom stereocenters. The standard InChI is InChI=1S/C15H19F3N2O/c1-10-6-11(2)8-12(7-10)20(3)13(21)14(15(16,17)18)4-5-19-9-14/h6-8,19H,4-5,9H2,1-3H3. The maximum absolute atomic E-state index is 13.4. The molecule has 1 aromatic carbocycles. The van der Waals surface area contributed by atoms with Crippen molar-refractivity contribution in [2.45, 2.75) is 26.4 Å². The SMILES string of the molecule is Cc1cc(C)cc(N(C)C(=O)C2(C(F)(F)F)CCNC2)c1. The van der Waals surface area contributed by atoms with E-state index in [4.69, 9.17) is 0 Å². The summed E-state index contributed by atoms with van der Waals surface area (Å²) in [4.78, 5) is 13.6. The molecule has 1 heterocycles. The molecule has 1 fully saturated rings. The summed E-state index contributed by atoms with van der Waals surface area (Å²) in [6, 6.07) is 5.35. The first-order valence-corrected chi connectivity index (χ1v) is 6.81. The van der Waals surface area contributed by atoms with Crippen molar-refractivity contribution in [3.05, 3.63) is 29.3 Å². The Morgan fingerprint density at radius 2 is 1.81 bits per heavy atom. The van der Waals surface area contributed by atoms with Gasteiger partial charge in [0.2, 0.25) is 5.91 Å². The summed E-state index contributed by atoms with van der Waals surface area (Å²) < 4.78 is 40.2. The van der Waals surface area contributed by atoms with Gasteiger partial charge in [0, 0.05) is 19.3 Å². The van der Waals surface area contributed by atoms with Crippen molar-refractivity contribution >= 4 is 11.6 Å². The van der Waals surface area contributed by atoms with Crippen LogP contribution in [0, 0.1) is 19.3 Å². The van der Waals surface area contributed by atoms with Gasteiger partial charge >= 0.3 is 6.18 Å². The second kappa shape index (κ2) is 5.33. The van der Waals surface area contributed by atoms with Gasteiger partial charge in [0.25, 0.3) is 0 Å². The topological polar surface area (TPSA) is 32.3 Å². The van der Waals surface area contributed by atoms with Gasteiger partial charge in [-0.2, -0.15) is 13.2 Å². The van der Waals surface area contributed by atoms with Crippen LogP contribution in [0.3, 0.4) is 0 Å². The van der Waals surface area contributed by atoms with Crippen LogP contribution < -0.4 is 10.2 Å². The minimum Gasteiger partial charge on any atom is -0.315 e. The molecule has 0 aromatic heterocycles. The first-order valence-electron chi connectivity index (χ1n) is 6.81. The Kier molecular flexibility index (Phi) is 4.02. The van der Waals surface area contributed by atoms with Crippen LogP contribution in [0.2, 0.25) is 0 Å². The molecule has 2 rings (SSSR count). The summed E-state index contributed by atoms with van der Waals surface area (Å²) in [6.45, 7) is 3.55. The van der Waals surface area contributed by atoms with E-state index in [1.165, 1.54) is 7.05 Å². The molecule has 1 aliphatic rings. The highest BCUT2D eigenvalue weighted by Gasteiger charge is 2.62. The molecule has 1 saturated heterocycles. The lowest BCUT2D eigenvalue weighted by Gasteiger charge is -2.33. The van der Waals surface area contributed by atoms with E-state index < -0.39 is 17.5 Å². The molecule has 1 N–H and O–H groups in total. The van der Waals surface area contributed by atoms with Gasteiger partial charge in [0.1, 0.15) is 0 Å². The number of carbonyl (C=O) groups excluding carboxylic acids is 1. The summed E-state index contributed by atoms with van der Waals surface area (Å²) in [5.74, 6) is -0.898. The molecular formula is C15H19F3N2O. The molecule has 0 aliphatic carbocycles. The minimum absolute atomic E-state index is 0.200. The Labute approximate surface area is 122 Å². The fraction of sp³-hybridized carbons (Fsp3) is 0.533. The zero-order valence-corrected chi connectivity index (χ0v) is 12.3. The number of halogens is 3. The Bertz CT molecular complexity index is 528. The molecule has 1 aliphatic heterocycles. The van der Waals surface area contributed by atoms with E-state index in [1.54, 1.807) is 12.1 Å². The highest BCUT2D eigenvalue weighted by molar-refractivity contribution is 5.98. The first-order chi connectivity index (χ1) is 9.67.